The van der Waals surface area contributed by atoms with Crippen LogP contribution in [-0.4, -0.2) is 90.0 Å². The second kappa shape index (κ2) is 7.82. The van der Waals surface area contributed by atoms with Gasteiger partial charge in [0.15, 0.2) is 0 Å². The molecule has 2 saturated heterocycles. The molecule has 0 aromatic rings. The molecule has 0 saturated carbocycles. The minimum Gasteiger partial charge on any atom is -0.383 e. The Morgan fingerprint density at radius 1 is 1.36 bits per heavy atom. The van der Waals surface area contributed by atoms with E-state index in [2.05, 4.69) is 0 Å². The lowest BCUT2D eigenvalue weighted by Crippen LogP contribution is -2.50. The standard InChI is InChI=1S/C14H23N3O4S/c1-11(18)17-10-22-9-12(17)14(20)16-5-3-4-15(6-7-21-2)13(19)8-16/h12H,3-10H2,1-2H3. The Morgan fingerprint density at radius 2 is 2.14 bits per heavy atom. The summed E-state index contributed by atoms with van der Waals surface area (Å²) in [7, 11) is 1.60. The molecule has 2 aliphatic rings. The minimum atomic E-state index is -0.430. The van der Waals surface area contributed by atoms with Crippen molar-refractivity contribution in [3.8, 4) is 0 Å². The van der Waals surface area contributed by atoms with Gasteiger partial charge >= 0.3 is 0 Å². The molecule has 0 radical (unpaired) electrons. The first kappa shape index (κ1) is 17.1. The fourth-order valence-corrected chi connectivity index (χ4v) is 3.92. The molecule has 1 unspecified atom stereocenters. The van der Waals surface area contributed by atoms with E-state index in [0.29, 0.717) is 37.9 Å². The zero-order valence-electron chi connectivity index (χ0n) is 13.1. The molecule has 0 aliphatic carbocycles. The van der Waals surface area contributed by atoms with E-state index in [4.69, 9.17) is 4.74 Å². The Balaban J connectivity index is 1.98. The van der Waals surface area contributed by atoms with Gasteiger partial charge in [-0.1, -0.05) is 0 Å². The third kappa shape index (κ3) is 3.92. The predicted octanol–water partition coefficient (Wildman–Crippen LogP) is -0.385. The Bertz CT molecular complexity index is 446. The van der Waals surface area contributed by atoms with Gasteiger partial charge in [-0.2, -0.15) is 0 Å². The van der Waals surface area contributed by atoms with Crippen molar-refractivity contribution in [1.82, 2.24) is 14.7 Å². The van der Waals surface area contributed by atoms with Crippen molar-refractivity contribution in [2.24, 2.45) is 0 Å². The average molecular weight is 329 g/mol. The van der Waals surface area contributed by atoms with Crippen molar-refractivity contribution in [3.63, 3.8) is 0 Å². The quantitative estimate of drug-likeness (QED) is 0.703. The van der Waals surface area contributed by atoms with Crippen molar-refractivity contribution in [2.75, 3.05) is 51.5 Å². The Morgan fingerprint density at radius 3 is 2.82 bits per heavy atom. The van der Waals surface area contributed by atoms with Crippen LogP contribution in [0.4, 0.5) is 0 Å². The van der Waals surface area contributed by atoms with Gasteiger partial charge in [-0.15, -0.1) is 11.8 Å². The molecule has 1 atom stereocenters. The summed E-state index contributed by atoms with van der Waals surface area (Å²) in [4.78, 5) is 41.4. The molecule has 3 amide bonds. The Labute approximate surface area is 134 Å². The molecule has 0 bridgehead atoms. The zero-order valence-corrected chi connectivity index (χ0v) is 13.9. The average Bonchev–Trinajstić information content (AvgIpc) is 2.90. The van der Waals surface area contributed by atoms with E-state index in [9.17, 15) is 14.4 Å². The van der Waals surface area contributed by atoms with Crippen LogP contribution in [0.3, 0.4) is 0 Å². The Hall–Kier alpha value is -1.28. The minimum absolute atomic E-state index is 0.0528. The fraction of sp³-hybridized carbons (Fsp3) is 0.786. The second-order valence-electron chi connectivity index (χ2n) is 5.49. The summed E-state index contributed by atoms with van der Waals surface area (Å²) in [5, 5.41) is 0. The highest BCUT2D eigenvalue weighted by Crippen LogP contribution is 2.23. The molecule has 22 heavy (non-hydrogen) atoms. The maximum Gasteiger partial charge on any atom is 0.246 e. The second-order valence-corrected chi connectivity index (χ2v) is 6.49. The fourth-order valence-electron chi connectivity index (χ4n) is 2.71. The van der Waals surface area contributed by atoms with E-state index < -0.39 is 6.04 Å². The van der Waals surface area contributed by atoms with Crippen molar-refractivity contribution in [3.05, 3.63) is 0 Å². The molecule has 124 valence electrons. The van der Waals surface area contributed by atoms with E-state index in [1.54, 1.807) is 33.6 Å². The monoisotopic (exact) mass is 329 g/mol. The first-order chi connectivity index (χ1) is 10.5. The first-order valence-electron chi connectivity index (χ1n) is 7.45. The summed E-state index contributed by atoms with van der Waals surface area (Å²) in [5.74, 6) is 0.903. The van der Waals surface area contributed by atoms with Crippen molar-refractivity contribution in [2.45, 2.75) is 19.4 Å². The zero-order chi connectivity index (χ0) is 16.1. The summed E-state index contributed by atoms with van der Waals surface area (Å²) < 4.78 is 5.01. The lowest BCUT2D eigenvalue weighted by atomic mass is 10.2. The molecule has 7 nitrogen and oxygen atoms in total. The summed E-state index contributed by atoms with van der Waals surface area (Å²) in [6.45, 7) is 3.82. The number of nitrogens with zero attached hydrogens (tertiary/aromatic N) is 3. The summed E-state index contributed by atoms with van der Waals surface area (Å²) in [5.41, 5.74) is 0. The molecule has 0 N–H and O–H groups in total. The first-order valence-corrected chi connectivity index (χ1v) is 8.60. The Kier molecular flexibility index (Phi) is 6.07. The molecule has 0 spiro atoms. The molecule has 2 fully saturated rings. The van der Waals surface area contributed by atoms with E-state index in [1.165, 1.54) is 6.92 Å². The van der Waals surface area contributed by atoms with Crippen LogP contribution in [0.1, 0.15) is 13.3 Å². The van der Waals surface area contributed by atoms with Gasteiger partial charge in [0, 0.05) is 39.4 Å². The lowest BCUT2D eigenvalue weighted by molar-refractivity contribution is -0.144. The third-order valence-electron chi connectivity index (χ3n) is 3.98. The van der Waals surface area contributed by atoms with Gasteiger partial charge in [-0.25, -0.2) is 0 Å². The van der Waals surface area contributed by atoms with E-state index >= 15 is 0 Å². The number of ether oxygens (including phenoxy) is 1. The van der Waals surface area contributed by atoms with Crippen LogP contribution in [0.5, 0.6) is 0 Å². The molecule has 2 heterocycles. The molecule has 8 heteroatoms. The molecule has 0 aromatic heterocycles. The van der Waals surface area contributed by atoms with Crippen LogP contribution in [-0.2, 0) is 19.1 Å². The number of rotatable bonds is 4. The van der Waals surface area contributed by atoms with Crippen LogP contribution in [0.25, 0.3) is 0 Å². The smallest absolute Gasteiger partial charge is 0.246 e. The van der Waals surface area contributed by atoms with Crippen LogP contribution in [0.15, 0.2) is 0 Å². The molecule has 0 aromatic carbocycles. The van der Waals surface area contributed by atoms with Crippen LogP contribution >= 0.6 is 11.8 Å². The number of amides is 3. The van der Waals surface area contributed by atoms with Gasteiger partial charge in [0.2, 0.25) is 17.7 Å². The van der Waals surface area contributed by atoms with Gasteiger partial charge in [0.1, 0.15) is 6.04 Å². The summed E-state index contributed by atoms with van der Waals surface area (Å²) >= 11 is 1.57. The predicted molar refractivity (Wildman–Crippen MR) is 83.3 cm³/mol. The van der Waals surface area contributed by atoms with Gasteiger partial charge in [0.05, 0.1) is 19.0 Å². The van der Waals surface area contributed by atoms with E-state index in [1.807, 2.05) is 0 Å². The number of methoxy groups -OCH3 is 1. The molecular weight excluding hydrogens is 306 g/mol. The van der Waals surface area contributed by atoms with Crippen molar-refractivity contribution in [1.29, 1.82) is 0 Å². The van der Waals surface area contributed by atoms with Gasteiger partial charge in [-0.3, -0.25) is 14.4 Å². The molecule has 2 rings (SSSR count). The number of carbonyl (C=O) groups excluding carboxylic acids is 3. The van der Waals surface area contributed by atoms with Crippen LogP contribution in [0, 0.1) is 0 Å². The van der Waals surface area contributed by atoms with Crippen LogP contribution < -0.4 is 0 Å². The van der Waals surface area contributed by atoms with Crippen molar-refractivity contribution < 1.29 is 19.1 Å². The largest absolute Gasteiger partial charge is 0.383 e. The molecular formula is C14H23N3O4S. The summed E-state index contributed by atoms with van der Waals surface area (Å²) in [6, 6.07) is -0.430. The van der Waals surface area contributed by atoms with E-state index in [-0.39, 0.29) is 24.3 Å². The topological polar surface area (TPSA) is 70.2 Å². The number of thioether (sulfide) groups is 1. The lowest BCUT2D eigenvalue weighted by Gasteiger charge is -2.28. The number of carbonyl (C=O) groups is 3. The normalized spacial score (nSPS) is 22.9. The van der Waals surface area contributed by atoms with Gasteiger partial charge < -0.3 is 19.4 Å². The van der Waals surface area contributed by atoms with E-state index in [0.717, 1.165) is 6.42 Å². The van der Waals surface area contributed by atoms with Crippen molar-refractivity contribution >= 4 is 29.5 Å². The maximum atomic E-state index is 12.7. The van der Waals surface area contributed by atoms with Crippen LogP contribution in [0.2, 0.25) is 0 Å². The SMILES string of the molecule is COCCN1CCCN(C(=O)C2CSCN2C(C)=O)CC1=O. The highest BCUT2D eigenvalue weighted by Gasteiger charge is 2.37. The number of hydrogen-bond acceptors (Lipinski definition) is 5. The third-order valence-corrected chi connectivity index (χ3v) is 5.00. The highest BCUT2D eigenvalue weighted by atomic mass is 32.2. The summed E-state index contributed by atoms with van der Waals surface area (Å²) in [6.07, 6.45) is 0.751. The van der Waals surface area contributed by atoms with Gasteiger partial charge in [0.25, 0.3) is 0 Å². The maximum absolute atomic E-state index is 12.7. The highest BCUT2D eigenvalue weighted by molar-refractivity contribution is 7.99. The van der Waals surface area contributed by atoms with Gasteiger partial charge in [-0.05, 0) is 6.42 Å². The molecule has 2 aliphatic heterocycles. The number of hydrogen-bond donors (Lipinski definition) is 0.